The minimum absolute atomic E-state index is 0.0295. The van der Waals surface area contributed by atoms with Crippen LogP contribution in [0.15, 0.2) is 132 Å². The van der Waals surface area contributed by atoms with Crippen LogP contribution in [0, 0.1) is 0 Å². The molecule has 6 heteroatoms. The number of carbonyl (C=O) groups excluding carboxylic acids is 1. The zero-order valence-corrected chi connectivity index (χ0v) is 33.9. The summed E-state index contributed by atoms with van der Waals surface area (Å²) >= 11 is 0. The molecule has 6 nitrogen and oxygen atoms in total. The normalized spacial score (nSPS) is 16.9. The lowest BCUT2D eigenvalue weighted by molar-refractivity contribution is -0.435. The molecule has 0 aromatic heterocycles. The summed E-state index contributed by atoms with van der Waals surface area (Å²) in [4.78, 5) is 25.9. The molecule has 1 N–H and O–H groups in total. The fraction of sp³-hybridized carbons (Fsp3) is 0.275. The molecule has 0 spiro atoms. The minimum Gasteiger partial charge on any atom is -0.481 e. The molecular formula is C51H51N2O4+. The van der Waals surface area contributed by atoms with Crippen molar-refractivity contribution in [1.82, 2.24) is 0 Å². The van der Waals surface area contributed by atoms with Gasteiger partial charge in [0.25, 0.3) is 6.47 Å². The summed E-state index contributed by atoms with van der Waals surface area (Å²) in [5.41, 5.74) is 8.82. The Labute approximate surface area is 335 Å². The maximum atomic E-state index is 12.2. The third-order valence-electron chi connectivity index (χ3n) is 12.3. The summed E-state index contributed by atoms with van der Waals surface area (Å²) in [6.07, 6.45) is 8.31. The van der Waals surface area contributed by atoms with Gasteiger partial charge in [-0.3, -0.25) is 9.59 Å². The molecule has 0 radical (unpaired) electrons. The predicted molar refractivity (Wildman–Crippen MR) is 235 cm³/mol. The van der Waals surface area contributed by atoms with E-state index < -0.39 is 11.4 Å². The number of nitrogens with zero attached hydrogens (tertiary/aromatic N) is 2. The van der Waals surface area contributed by atoms with Gasteiger partial charge in [-0.05, 0) is 76.2 Å². The Morgan fingerprint density at radius 1 is 0.719 bits per heavy atom. The molecule has 0 unspecified atom stereocenters. The highest BCUT2D eigenvalue weighted by atomic mass is 16.5. The van der Waals surface area contributed by atoms with Gasteiger partial charge < -0.3 is 14.7 Å². The van der Waals surface area contributed by atoms with Crippen molar-refractivity contribution in [2.24, 2.45) is 0 Å². The summed E-state index contributed by atoms with van der Waals surface area (Å²) in [5.74, 6) is -0.810. The van der Waals surface area contributed by atoms with Crippen LogP contribution in [0.1, 0.15) is 71.9 Å². The lowest BCUT2D eigenvalue weighted by Crippen LogP contribution is -2.31. The number of rotatable bonds is 12. The molecule has 57 heavy (non-hydrogen) atoms. The van der Waals surface area contributed by atoms with E-state index >= 15 is 0 Å². The van der Waals surface area contributed by atoms with Gasteiger partial charge >= 0.3 is 5.97 Å². The number of hydrogen-bond acceptors (Lipinski definition) is 4. The highest BCUT2D eigenvalue weighted by Gasteiger charge is 2.49. The Balaban J connectivity index is 1.31. The van der Waals surface area contributed by atoms with Crippen LogP contribution in [0.5, 0.6) is 0 Å². The molecular weight excluding hydrogens is 705 g/mol. The van der Waals surface area contributed by atoms with Crippen LogP contribution < -0.4 is 4.90 Å². The van der Waals surface area contributed by atoms with E-state index in [0.29, 0.717) is 19.6 Å². The van der Waals surface area contributed by atoms with E-state index in [9.17, 15) is 14.7 Å². The van der Waals surface area contributed by atoms with Gasteiger partial charge in [0.15, 0.2) is 12.3 Å². The van der Waals surface area contributed by atoms with E-state index in [1.54, 1.807) is 0 Å². The molecule has 0 atom stereocenters. The van der Waals surface area contributed by atoms with Crippen molar-refractivity contribution in [2.45, 2.75) is 71.6 Å². The summed E-state index contributed by atoms with van der Waals surface area (Å²) in [5, 5.41) is 19.6. The Hall–Kier alpha value is -6.01. The van der Waals surface area contributed by atoms with E-state index in [1.807, 2.05) is 0 Å². The lowest BCUT2D eigenvalue weighted by atomic mass is 9.75. The minimum atomic E-state index is -0.810. The molecule has 2 aliphatic heterocycles. The van der Waals surface area contributed by atoms with E-state index in [0.717, 1.165) is 29.6 Å². The summed E-state index contributed by atoms with van der Waals surface area (Å²) in [6, 6.07) is 34.5. The first-order chi connectivity index (χ1) is 27.6. The first kappa shape index (κ1) is 37.9. The van der Waals surface area contributed by atoms with Gasteiger partial charge in [0.05, 0.1) is 23.0 Å². The van der Waals surface area contributed by atoms with Crippen molar-refractivity contribution < 1.29 is 24.0 Å². The standard InChI is InChI=1S/C51H50N2O4/c1-7-33(48-50(3,4)44-39-24-13-9-20-35(39)37-22-11-15-26-41(37)46(44)52(48)29-28-43(55)56)18-17-19-34(8-2)49-51(5,6)45-40-25-14-10-21-36(40)38-23-12-16-27-42(38)47(45)53(49)30-31-57-32-54/h9-27,32H,7-8,28-31H2,1-6H3/p+1. The zero-order chi connectivity index (χ0) is 40.1. The molecule has 0 fully saturated rings. The third kappa shape index (κ3) is 6.05. The smallest absolute Gasteiger partial charge is 0.309 e. The molecule has 0 amide bonds. The number of aliphatic carboxylic acids is 1. The Morgan fingerprint density at radius 3 is 1.81 bits per heavy atom. The average molecular weight is 756 g/mol. The van der Waals surface area contributed by atoms with Crippen LogP contribution in [-0.4, -0.2) is 47.5 Å². The van der Waals surface area contributed by atoms with Gasteiger partial charge in [-0.25, -0.2) is 0 Å². The van der Waals surface area contributed by atoms with Crippen LogP contribution in [0.3, 0.4) is 0 Å². The first-order valence-electron chi connectivity index (χ1n) is 20.2. The number of allylic oxidation sites excluding steroid dienone is 6. The average Bonchev–Trinajstić information content (AvgIpc) is 3.60. The topological polar surface area (TPSA) is 69.8 Å². The highest BCUT2D eigenvalue weighted by Crippen LogP contribution is 2.55. The third-order valence-corrected chi connectivity index (χ3v) is 12.3. The summed E-state index contributed by atoms with van der Waals surface area (Å²) < 4.78 is 7.66. The maximum Gasteiger partial charge on any atom is 0.309 e. The second kappa shape index (κ2) is 14.8. The van der Waals surface area contributed by atoms with E-state index in [2.05, 4.69) is 166 Å². The maximum absolute atomic E-state index is 12.2. The number of anilines is 1. The van der Waals surface area contributed by atoms with Crippen LogP contribution >= 0.6 is 0 Å². The van der Waals surface area contributed by atoms with Crippen molar-refractivity contribution in [2.75, 3.05) is 24.6 Å². The molecule has 0 saturated heterocycles. The van der Waals surface area contributed by atoms with Gasteiger partial charge in [-0.1, -0.05) is 137 Å². The fourth-order valence-corrected chi connectivity index (χ4v) is 10.2. The van der Waals surface area contributed by atoms with Crippen molar-refractivity contribution in [3.8, 4) is 0 Å². The fourth-order valence-electron chi connectivity index (χ4n) is 10.2. The molecule has 2 heterocycles. The molecule has 8 rings (SSSR count). The van der Waals surface area contributed by atoms with E-state index in [4.69, 9.17) is 4.74 Å². The highest BCUT2D eigenvalue weighted by molar-refractivity contribution is 6.20. The number of hydrogen-bond donors (Lipinski definition) is 1. The van der Waals surface area contributed by atoms with Gasteiger partial charge in [0.2, 0.25) is 5.69 Å². The SMILES string of the molecule is CCC(=CC=CC(CC)=C1N(CCOC=O)c2c(c3ccccc3c3ccccc23)C1(C)C)C1=[N+](CCC(=O)O)c2c(c3ccccc3c3ccccc23)C1(C)C. The van der Waals surface area contributed by atoms with Crippen molar-refractivity contribution >= 4 is 72.6 Å². The predicted octanol–water partition coefficient (Wildman–Crippen LogP) is 11.7. The first-order valence-corrected chi connectivity index (χ1v) is 20.2. The quantitative estimate of drug-likeness (QED) is 0.0443. The Bertz CT molecular complexity index is 2750. The monoisotopic (exact) mass is 755 g/mol. The number of benzene rings is 6. The lowest BCUT2D eigenvalue weighted by Gasteiger charge is -2.29. The van der Waals surface area contributed by atoms with Crippen molar-refractivity contribution in [1.29, 1.82) is 0 Å². The molecule has 288 valence electrons. The van der Waals surface area contributed by atoms with Crippen LogP contribution in [-0.2, 0) is 25.2 Å². The number of carbonyl (C=O) groups is 2. The molecule has 0 bridgehead atoms. The van der Waals surface area contributed by atoms with Gasteiger partial charge in [-0.2, -0.15) is 4.58 Å². The number of fused-ring (bicyclic) bond motifs is 12. The summed E-state index contributed by atoms with van der Waals surface area (Å²) in [6.45, 7) is 15.4. The molecule has 2 aliphatic rings. The van der Waals surface area contributed by atoms with Crippen LogP contribution in [0.2, 0.25) is 0 Å². The number of ether oxygens (including phenoxy) is 1. The van der Waals surface area contributed by atoms with Crippen LogP contribution in [0.4, 0.5) is 11.4 Å². The largest absolute Gasteiger partial charge is 0.481 e. The van der Waals surface area contributed by atoms with Gasteiger partial charge in [-0.15, -0.1) is 0 Å². The van der Waals surface area contributed by atoms with Crippen molar-refractivity contribution in [3.05, 3.63) is 143 Å². The Morgan fingerprint density at radius 2 is 1.25 bits per heavy atom. The van der Waals surface area contributed by atoms with Crippen molar-refractivity contribution in [3.63, 3.8) is 0 Å². The number of carboxylic acids is 1. The number of carboxylic acid groups (broad SMARTS) is 1. The molecule has 6 aromatic carbocycles. The van der Waals surface area contributed by atoms with E-state index in [1.165, 1.54) is 71.4 Å². The van der Waals surface area contributed by atoms with Gasteiger partial charge in [0, 0.05) is 27.6 Å². The second-order valence-electron chi connectivity index (χ2n) is 16.3. The molecule has 6 aromatic rings. The van der Waals surface area contributed by atoms with E-state index in [-0.39, 0.29) is 18.4 Å². The zero-order valence-electron chi connectivity index (χ0n) is 33.9. The van der Waals surface area contributed by atoms with Gasteiger partial charge in [0.1, 0.15) is 13.0 Å². The van der Waals surface area contributed by atoms with Crippen LogP contribution in [0.25, 0.3) is 43.1 Å². The molecule has 0 aliphatic carbocycles. The Kier molecular flexibility index (Phi) is 9.85. The summed E-state index contributed by atoms with van der Waals surface area (Å²) in [7, 11) is 0. The second-order valence-corrected chi connectivity index (χ2v) is 16.3. The molecule has 0 saturated carbocycles.